The second-order valence-electron chi connectivity index (χ2n) is 3.74. The van der Waals surface area contributed by atoms with Crippen molar-refractivity contribution in [2.75, 3.05) is 7.11 Å². The number of nitriles is 1. The molecule has 1 heterocycles. The number of methoxy groups -OCH3 is 1. The van der Waals surface area contributed by atoms with E-state index in [4.69, 9.17) is 19.5 Å². The van der Waals surface area contributed by atoms with Crippen molar-refractivity contribution >= 4 is 16.9 Å². The highest BCUT2D eigenvalue weighted by Crippen LogP contribution is 2.34. The monoisotopic (exact) mass is 245 g/mol. The van der Waals surface area contributed by atoms with Gasteiger partial charge in [-0.1, -0.05) is 6.92 Å². The smallest absolute Gasteiger partial charge is 0.372 e. The lowest BCUT2D eigenvalue weighted by atomic mass is 10.1. The van der Waals surface area contributed by atoms with E-state index in [0.29, 0.717) is 34.3 Å². The van der Waals surface area contributed by atoms with E-state index in [1.807, 2.05) is 13.0 Å². The molecule has 1 aromatic heterocycles. The number of furan rings is 1. The molecule has 0 aliphatic carbocycles. The fourth-order valence-corrected chi connectivity index (χ4v) is 1.96. The molecule has 0 radical (unpaired) electrons. The van der Waals surface area contributed by atoms with Gasteiger partial charge in [-0.3, -0.25) is 0 Å². The Labute approximate surface area is 103 Å². The fraction of sp³-hybridized carbons (Fsp3) is 0.231. The van der Waals surface area contributed by atoms with Crippen LogP contribution in [0, 0.1) is 11.3 Å². The lowest BCUT2D eigenvalue weighted by Gasteiger charge is -2.01. The van der Waals surface area contributed by atoms with Crippen molar-refractivity contribution in [1.29, 1.82) is 5.26 Å². The predicted molar refractivity (Wildman–Crippen MR) is 63.8 cm³/mol. The fourth-order valence-electron chi connectivity index (χ4n) is 1.96. The molecule has 0 fully saturated rings. The average Bonchev–Trinajstić information content (AvgIpc) is 2.75. The summed E-state index contributed by atoms with van der Waals surface area (Å²) in [7, 11) is 1.45. The number of nitrogens with zero attached hydrogens (tertiary/aromatic N) is 1. The van der Waals surface area contributed by atoms with Crippen LogP contribution in [0.2, 0.25) is 0 Å². The summed E-state index contributed by atoms with van der Waals surface area (Å²) in [5.74, 6) is -0.851. The first kappa shape index (κ1) is 12.0. The Morgan fingerprint density at radius 2 is 2.28 bits per heavy atom. The first-order chi connectivity index (χ1) is 8.62. The molecule has 5 heteroatoms. The normalized spacial score (nSPS) is 10.3. The van der Waals surface area contributed by atoms with E-state index < -0.39 is 5.97 Å². The summed E-state index contributed by atoms with van der Waals surface area (Å²) in [6.07, 6.45) is 0.507. The summed E-state index contributed by atoms with van der Waals surface area (Å²) in [6, 6.07) is 5.16. The molecule has 2 aromatic rings. The van der Waals surface area contributed by atoms with Gasteiger partial charge in [-0.2, -0.15) is 5.26 Å². The van der Waals surface area contributed by atoms with Crippen LogP contribution < -0.4 is 4.74 Å². The van der Waals surface area contributed by atoms with Gasteiger partial charge in [0.2, 0.25) is 5.76 Å². The van der Waals surface area contributed by atoms with Crippen LogP contribution in [0.4, 0.5) is 0 Å². The molecule has 0 unspecified atom stereocenters. The number of benzene rings is 1. The zero-order chi connectivity index (χ0) is 13.3. The van der Waals surface area contributed by atoms with Crippen LogP contribution in [0.5, 0.6) is 5.75 Å². The SMILES string of the molecule is CCc1c(C(=O)O)oc2c(OC)cc(C#N)cc12. The second kappa shape index (κ2) is 4.41. The van der Waals surface area contributed by atoms with Crippen LogP contribution in [0.15, 0.2) is 16.5 Å². The van der Waals surface area contributed by atoms with Gasteiger partial charge in [-0.15, -0.1) is 0 Å². The first-order valence-electron chi connectivity index (χ1n) is 5.39. The predicted octanol–water partition coefficient (Wildman–Crippen LogP) is 2.57. The molecule has 0 saturated heterocycles. The Morgan fingerprint density at radius 1 is 1.56 bits per heavy atom. The van der Waals surface area contributed by atoms with Gasteiger partial charge in [0.25, 0.3) is 0 Å². The molecular weight excluding hydrogens is 234 g/mol. The molecule has 5 nitrogen and oxygen atoms in total. The van der Waals surface area contributed by atoms with Crippen molar-refractivity contribution in [3.63, 3.8) is 0 Å². The van der Waals surface area contributed by atoms with Gasteiger partial charge < -0.3 is 14.3 Å². The van der Waals surface area contributed by atoms with Crippen molar-refractivity contribution in [2.24, 2.45) is 0 Å². The van der Waals surface area contributed by atoms with Crippen molar-refractivity contribution in [2.45, 2.75) is 13.3 Å². The topological polar surface area (TPSA) is 83.5 Å². The van der Waals surface area contributed by atoms with Crippen molar-refractivity contribution in [1.82, 2.24) is 0 Å². The van der Waals surface area contributed by atoms with Crippen LogP contribution in [0.1, 0.15) is 28.6 Å². The summed E-state index contributed by atoms with van der Waals surface area (Å²) in [4.78, 5) is 11.1. The standard InChI is InChI=1S/C13H11NO4/c1-3-8-9-4-7(6-14)5-10(17-2)11(9)18-12(8)13(15)16/h4-5H,3H2,1-2H3,(H,15,16). The van der Waals surface area contributed by atoms with Gasteiger partial charge in [0.1, 0.15) is 0 Å². The molecule has 0 bridgehead atoms. The van der Waals surface area contributed by atoms with Gasteiger partial charge in [0.15, 0.2) is 11.3 Å². The number of aryl methyl sites for hydroxylation is 1. The van der Waals surface area contributed by atoms with E-state index in [9.17, 15) is 4.79 Å². The molecule has 0 amide bonds. The molecule has 2 rings (SSSR count). The minimum absolute atomic E-state index is 0.0964. The van der Waals surface area contributed by atoms with E-state index in [1.54, 1.807) is 6.07 Å². The Bertz CT molecular complexity index is 664. The third-order valence-corrected chi connectivity index (χ3v) is 2.75. The minimum atomic E-state index is -1.12. The molecule has 1 aromatic carbocycles. The van der Waals surface area contributed by atoms with Crippen molar-refractivity contribution < 1.29 is 19.1 Å². The average molecular weight is 245 g/mol. The quantitative estimate of drug-likeness (QED) is 0.898. The van der Waals surface area contributed by atoms with Crippen LogP contribution in [0.25, 0.3) is 11.0 Å². The summed E-state index contributed by atoms with van der Waals surface area (Å²) in [5.41, 5.74) is 1.35. The number of hydrogen-bond donors (Lipinski definition) is 1. The largest absolute Gasteiger partial charge is 0.493 e. The number of carboxylic acids is 1. The van der Waals surface area contributed by atoms with Crippen LogP contribution in [-0.2, 0) is 6.42 Å². The number of aromatic carboxylic acids is 1. The Morgan fingerprint density at radius 3 is 2.78 bits per heavy atom. The number of ether oxygens (including phenoxy) is 1. The molecule has 0 aliphatic rings. The summed E-state index contributed by atoms with van der Waals surface area (Å²) in [5, 5.41) is 18.6. The molecule has 92 valence electrons. The highest BCUT2D eigenvalue weighted by atomic mass is 16.5. The van der Waals surface area contributed by atoms with Gasteiger partial charge in [-0.05, 0) is 12.5 Å². The van der Waals surface area contributed by atoms with Gasteiger partial charge in [-0.25, -0.2) is 4.79 Å². The van der Waals surface area contributed by atoms with Gasteiger partial charge in [0.05, 0.1) is 18.7 Å². The molecule has 18 heavy (non-hydrogen) atoms. The lowest BCUT2D eigenvalue weighted by Crippen LogP contribution is -1.97. The third kappa shape index (κ3) is 1.68. The number of rotatable bonds is 3. The van der Waals surface area contributed by atoms with E-state index in [2.05, 4.69) is 0 Å². The maximum Gasteiger partial charge on any atom is 0.372 e. The van der Waals surface area contributed by atoms with Crippen LogP contribution in [-0.4, -0.2) is 18.2 Å². The number of fused-ring (bicyclic) bond motifs is 1. The maximum absolute atomic E-state index is 11.1. The Hall–Kier alpha value is -2.48. The second-order valence-corrected chi connectivity index (χ2v) is 3.74. The summed E-state index contributed by atoms with van der Waals surface area (Å²) in [6.45, 7) is 1.84. The summed E-state index contributed by atoms with van der Waals surface area (Å²) < 4.78 is 10.5. The van der Waals surface area contributed by atoms with Gasteiger partial charge >= 0.3 is 5.97 Å². The van der Waals surface area contributed by atoms with Crippen molar-refractivity contribution in [3.8, 4) is 11.8 Å². The third-order valence-electron chi connectivity index (χ3n) is 2.75. The molecule has 1 N–H and O–H groups in total. The maximum atomic E-state index is 11.1. The molecule has 0 spiro atoms. The first-order valence-corrected chi connectivity index (χ1v) is 5.39. The molecule has 0 atom stereocenters. The zero-order valence-electron chi connectivity index (χ0n) is 9.98. The zero-order valence-corrected chi connectivity index (χ0v) is 9.98. The number of carbonyl (C=O) groups is 1. The molecule has 0 aliphatic heterocycles. The van der Waals surface area contributed by atoms with Crippen LogP contribution in [0.3, 0.4) is 0 Å². The number of carboxylic acid groups (broad SMARTS) is 1. The molecule has 0 saturated carbocycles. The van der Waals surface area contributed by atoms with E-state index in [-0.39, 0.29) is 5.76 Å². The van der Waals surface area contributed by atoms with E-state index in [0.717, 1.165) is 0 Å². The highest BCUT2D eigenvalue weighted by Gasteiger charge is 2.21. The number of hydrogen-bond acceptors (Lipinski definition) is 4. The Kier molecular flexibility index (Phi) is 2.94. The van der Waals surface area contributed by atoms with Gasteiger partial charge in [0, 0.05) is 17.0 Å². The summed E-state index contributed by atoms with van der Waals surface area (Å²) >= 11 is 0. The van der Waals surface area contributed by atoms with E-state index >= 15 is 0 Å². The van der Waals surface area contributed by atoms with Crippen LogP contribution >= 0.6 is 0 Å². The minimum Gasteiger partial charge on any atom is -0.493 e. The van der Waals surface area contributed by atoms with E-state index in [1.165, 1.54) is 13.2 Å². The van der Waals surface area contributed by atoms with Crippen molar-refractivity contribution in [3.05, 3.63) is 29.0 Å². The lowest BCUT2D eigenvalue weighted by molar-refractivity contribution is 0.0663. The highest BCUT2D eigenvalue weighted by molar-refractivity contribution is 5.97. The Balaban J connectivity index is 2.88. The molecular formula is C13H11NO4.